The Kier molecular flexibility index (Phi) is 11.3. The Hall–Kier alpha value is -2.56. The van der Waals surface area contributed by atoms with E-state index in [9.17, 15) is 4.79 Å². The number of anilines is 1. The lowest BCUT2D eigenvalue weighted by Gasteiger charge is -2.47. The molecule has 9 nitrogen and oxygen atoms in total. The Balaban J connectivity index is 1.17. The summed E-state index contributed by atoms with van der Waals surface area (Å²) in [6, 6.07) is 13.0. The fourth-order valence-electron chi connectivity index (χ4n) is 5.51. The Bertz CT molecular complexity index is 1070. The number of nitrogens with zero attached hydrogens (tertiary/aromatic N) is 4. The fourth-order valence-corrected chi connectivity index (χ4v) is 5.51. The smallest absolute Gasteiger partial charge is 0.224 e. The molecule has 0 saturated carbocycles. The molecule has 2 aliphatic rings. The van der Waals surface area contributed by atoms with Gasteiger partial charge in [-0.05, 0) is 55.0 Å². The summed E-state index contributed by atoms with van der Waals surface area (Å²) in [6.07, 6.45) is 4.73. The monoisotopic (exact) mass is 554 g/mol. The molecule has 0 radical (unpaired) electrons. The van der Waals surface area contributed by atoms with Crippen molar-refractivity contribution in [1.82, 2.24) is 14.8 Å². The first-order chi connectivity index (χ1) is 19.4. The van der Waals surface area contributed by atoms with Gasteiger partial charge < -0.3 is 28.7 Å². The van der Waals surface area contributed by atoms with Crippen LogP contribution < -0.4 is 4.90 Å². The second-order valence-electron chi connectivity index (χ2n) is 11.0. The van der Waals surface area contributed by atoms with Crippen LogP contribution >= 0.6 is 0 Å². The van der Waals surface area contributed by atoms with Crippen LogP contribution in [0.3, 0.4) is 0 Å². The summed E-state index contributed by atoms with van der Waals surface area (Å²) in [5.41, 5.74) is 3.75. The van der Waals surface area contributed by atoms with Crippen LogP contribution in [-0.4, -0.2) is 106 Å². The average Bonchev–Trinajstić information content (AvgIpc) is 2.97. The van der Waals surface area contributed by atoms with E-state index in [1.54, 1.807) is 26.2 Å². The van der Waals surface area contributed by atoms with E-state index in [0.29, 0.717) is 26.2 Å². The molecule has 2 saturated heterocycles. The Morgan fingerprint density at radius 2 is 1.88 bits per heavy atom. The number of carbonyl (C=O) groups excluding carboxylic acids is 1. The Morgan fingerprint density at radius 1 is 1.10 bits per heavy atom. The Labute approximate surface area is 239 Å². The van der Waals surface area contributed by atoms with Crippen LogP contribution in [0.15, 0.2) is 42.6 Å². The number of ether oxygens (including phenoxy) is 4. The molecular weight excluding hydrogens is 508 g/mol. The molecule has 0 unspecified atom stereocenters. The standard InChI is InChI=1S/C31H46N4O5/c1-25-8-13-32-28(20-25)35-16-19-40-31(24-35)11-14-34(15-12-31)22-27-7-5-6-26(21-27)9-17-39-18-10-29(36)33(2)23-30(37-3)38-4/h5-8,13,20-21,30H,9-12,14-19,22-24H2,1-4H3. The largest absolute Gasteiger partial charge is 0.381 e. The van der Waals surface area contributed by atoms with Crippen molar-refractivity contribution < 1.29 is 23.7 Å². The first kappa shape index (κ1) is 30.4. The third-order valence-electron chi connectivity index (χ3n) is 8.01. The van der Waals surface area contributed by atoms with Gasteiger partial charge in [-0.2, -0.15) is 0 Å². The van der Waals surface area contributed by atoms with E-state index in [4.69, 9.17) is 18.9 Å². The van der Waals surface area contributed by atoms with Crippen LogP contribution in [0.5, 0.6) is 0 Å². The van der Waals surface area contributed by atoms with Crippen molar-refractivity contribution in [3.8, 4) is 0 Å². The lowest BCUT2D eigenvalue weighted by atomic mass is 9.89. The molecular formula is C31H46N4O5. The molecule has 2 fully saturated rings. The van der Waals surface area contributed by atoms with E-state index in [-0.39, 0.29) is 11.5 Å². The minimum atomic E-state index is -0.416. The number of amides is 1. The summed E-state index contributed by atoms with van der Waals surface area (Å²) in [7, 11) is 4.88. The predicted octanol–water partition coefficient (Wildman–Crippen LogP) is 3.29. The van der Waals surface area contributed by atoms with Gasteiger partial charge in [-0.25, -0.2) is 4.98 Å². The van der Waals surface area contributed by atoms with Crippen molar-refractivity contribution in [3.05, 3.63) is 59.3 Å². The quantitative estimate of drug-likeness (QED) is 0.276. The van der Waals surface area contributed by atoms with Gasteiger partial charge in [0, 0.05) is 60.2 Å². The van der Waals surface area contributed by atoms with Crippen LogP contribution in [0.25, 0.3) is 0 Å². The van der Waals surface area contributed by atoms with Crippen molar-refractivity contribution in [3.63, 3.8) is 0 Å². The van der Waals surface area contributed by atoms with Crippen molar-refractivity contribution >= 4 is 11.7 Å². The van der Waals surface area contributed by atoms with E-state index in [1.165, 1.54) is 16.7 Å². The zero-order chi connectivity index (χ0) is 28.4. The molecule has 2 aliphatic heterocycles. The molecule has 1 spiro atoms. The normalized spacial score (nSPS) is 17.5. The number of piperidine rings is 1. The number of benzene rings is 1. The molecule has 0 aliphatic carbocycles. The first-order valence-electron chi connectivity index (χ1n) is 14.4. The number of likely N-dealkylation sites (tertiary alicyclic amines) is 1. The summed E-state index contributed by atoms with van der Waals surface area (Å²) >= 11 is 0. The van der Waals surface area contributed by atoms with Gasteiger partial charge in [-0.3, -0.25) is 9.69 Å². The van der Waals surface area contributed by atoms with Crippen molar-refractivity contribution in [2.75, 3.05) is 78.7 Å². The molecule has 9 heteroatoms. The van der Waals surface area contributed by atoms with Gasteiger partial charge in [0.2, 0.25) is 5.91 Å². The summed E-state index contributed by atoms with van der Waals surface area (Å²) in [5, 5.41) is 0. The summed E-state index contributed by atoms with van der Waals surface area (Å²) in [4.78, 5) is 23.4. The highest BCUT2D eigenvalue weighted by molar-refractivity contribution is 5.75. The molecule has 0 bridgehead atoms. The number of hydrogen-bond donors (Lipinski definition) is 0. The first-order valence-corrected chi connectivity index (χ1v) is 14.4. The van der Waals surface area contributed by atoms with Crippen molar-refractivity contribution in [1.29, 1.82) is 0 Å². The van der Waals surface area contributed by atoms with Gasteiger partial charge in [0.1, 0.15) is 5.82 Å². The number of likely N-dealkylation sites (N-methyl/N-ethyl adjacent to an activating group) is 1. The highest BCUT2D eigenvalue weighted by Crippen LogP contribution is 2.32. The van der Waals surface area contributed by atoms with Gasteiger partial charge in [0.05, 0.1) is 38.4 Å². The number of aromatic nitrogens is 1. The minimum absolute atomic E-state index is 0.0163. The highest BCUT2D eigenvalue weighted by atomic mass is 16.7. The van der Waals surface area contributed by atoms with Crippen LogP contribution in [-0.2, 0) is 36.7 Å². The van der Waals surface area contributed by atoms with Crippen molar-refractivity contribution in [2.45, 2.75) is 51.0 Å². The lowest BCUT2D eigenvalue weighted by Crippen LogP contribution is -2.57. The van der Waals surface area contributed by atoms with E-state index in [2.05, 4.69) is 52.0 Å². The highest BCUT2D eigenvalue weighted by Gasteiger charge is 2.40. The van der Waals surface area contributed by atoms with Gasteiger partial charge in [0.25, 0.3) is 0 Å². The second-order valence-corrected chi connectivity index (χ2v) is 11.0. The third kappa shape index (κ3) is 8.72. The number of morpholine rings is 1. The summed E-state index contributed by atoms with van der Waals surface area (Å²) in [6.45, 7) is 9.08. The number of pyridine rings is 1. The molecule has 0 atom stereocenters. The number of carbonyl (C=O) groups is 1. The third-order valence-corrected chi connectivity index (χ3v) is 8.01. The maximum atomic E-state index is 12.3. The maximum Gasteiger partial charge on any atom is 0.224 e. The molecule has 0 N–H and O–H groups in total. The number of rotatable bonds is 13. The van der Waals surface area contributed by atoms with E-state index in [1.807, 2.05) is 12.3 Å². The maximum absolute atomic E-state index is 12.3. The number of methoxy groups -OCH3 is 2. The minimum Gasteiger partial charge on any atom is -0.381 e. The van der Waals surface area contributed by atoms with E-state index < -0.39 is 6.29 Å². The molecule has 4 rings (SSSR count). The van der Waals surface area contributed by atoms with Gasteiger partial charge in [0.15, 0.2) is 6.29 Å². The zero-order valence-corrected chi connectivity index (χ0v) is 24.6. The van der Waals surface area contributed by atoms with E-state index in [0.717, 1.165) is 64.4 Å². The van der Waals surface area contributed by atoms with Crippen LogP contribution in [0.1, 0.15) is 36.0 Å². The fraction of sp³-hybridized carbons (Fsp3) is 0.613. The molecule has 1 aromatic heterocycles. The number of hydrogen-bond acceptors (Lipinski definition) is 8. The topological polar surface area (TPSA) is 76.6 Å². The Morgan fingerprint density at radius 3 is 2.62 bits per heavy atom. The molecule has 40 heavy (non-hydrogen) atoms. The van der Waals surface area contributed by atoms with Gasteiger partial charge in [-0.15, -0.1) is 0 Å². The van der Waals surface area contributed by atoms with Gasteiger partial charge >= 0.3 is 0 Å². The number of aryl methyl sites for hydroxylation is 1. The van der Waals surface area contributed by atoms with Gasteiger partial charge in [-0.1, -0.05) is 24.3 Å². The van der Waals surface area contributed by atoms with Crippen LogP contribution in [0, 0.1) is 6.92 Å². The second kappa shape index (κ2) is 14.9. The average molecular weight is 555 g/mol. The van der Waals surface area contributed by atoms with Crippen molar-refractivity contribution in [2.24, 2.45) is 0 Å². The molecule has 3 heterocycles. The molecule has 220 valence electrons. The predicted molar refractivity (Wildman–Crippen MR) is 155 cm³/mol. The summed E-state index contributed by atoms with van der Waals surface area (Å²) < 4.78 is 22.5. The summed E-state index contributed by atoms with van der Waals surface area (Å²) in [5.74, 6) is 1.08. The SMILES string of the molecule is COC(CN(C)C(=O)CCOCCc1cccc(CN2CCC3(CC2)CN(c2cc(C)ccn2)CCO3)c1)OC. The molecule has 2 aromatic rings. The van der Waals surface area contributed by atoms with Crippen LogP contribution in [0.4, 0.5) is 5.82 Å². The molecule has 1 aromatic carbocycles. The zero-order valence-electron chi connectivity index (χ0n) is 24.6. The van der Waals surface area contributed by atoms with Crippen LogP contribution in [0.2, 0.25) is 0 Å². The molecule has 1 amide bonds. The van der Waals surface area contributed by atoms with E-state index >= 15 is 0 Å². The lowest BCUT2D eigenvalue weighted by molar-refractivity contribution is -0.143.